The van der Waals surface area contributed by atoms with Crippen molar-refractivity contribution < 1.29 is 14.7 Å². The quantitative estimate of drug-likeness (QED) is 0.656. The predicted molar refractivity (Wildman–Crippen MR) is 90.6 cm³/mol. The smallest absolute Gasteiger partial charge is 0.313 e. The van der Waals surface area contributed by atoms with Gasteiger partial charge in [0.15, 0.2) is 0 Å². The van der Waals surface area contributed by atoms with E-state index in [0.29, 0.717) is 33.8 Å². The highest BCUT2D eigenvalue weighted by atomic mass is 35.5. The van der Waals surface area contributed by atoms with Gasteiger partial charge < -0.3 is 10.4 Å². The summed E-state index contributed by atoms with van der Waals surface area (Å²) in [5, 5.41) is 12.4. The molecule has 116 valence electrons. The van der Waals surface area contributed by atoms with E-state index in [2.05, 4.69) is 5.32 Å². The van der Waals surface area contributed by atoms with Crippen molar-refractivity contribution in [3.63, 3.8) is 0 Å². The summed E-state index contributed by atoms with van der Waals surface area (Å²) in [6.07, 6.45) is 0. The average molecular weight is 368 g/mol. The molecule has 0 aliphatic carbocycles. The maximum absolute atomic E-state index is 11.6. The number of hydrogen-bond acceptors (Lipinski definition) is 4. The van der Waals surface area contributed by atoms with Crippen molar-refractivity contribution >= 4 is 58.6 Å². The molecule has 8 heteroatoms. The molecule has 0 fully saturated rings. The maximum atomic E-state index is 11.6. The van der Waals surface area contributed by atoms with Crippen LogP contribution in [0.2, 0.25) is 10.0 Å². The zero-order valence-electron chi connectivity index (χ0n) is 11.1. The molecule has 0 unspecified atom stereocenters. The Labute approximate surface area is 142 Å². The molecule has 0 spiro atoms. The zero-order chi connectivity index (χ0) is 15.7. The summed E-state index contributed by atoms with van der Waals surface area (Å²) in [5.41, 5.74) is 0.941. The summed E-state index contributed by atoms with van der Waals surface area (Å²) in [4.78, 5) is 21.8. The molecule has 0 bridgehead atoms. The SMILES string of the molecule is O=C(O)CSCCNC(=O)CSCc1ccc(Cl)cc1Cl. The second-order valence-electron chi connectivity index (χ2n) is 4.02. The van der Waals surface area contributed by atoms with E-state index in [4.69, 9.17) is 28.3 Å². The number of amides is 1. The van der Waals surface area contributed by atoms with Crippen molar-refractivity contribution in [1.29, 1.82) is 0 Å². The van der Waals surface area contributed by atoms with Crippen molar-refractivity contribution in [2.45, 2.75) is 5.75 Å². The Kier molecular flexibility index (Phi) is 8.99. The van der Waals surface area contributed by atoms with Gasteiger partial charge in [-0.3, -0.25) is 9.59 Å². The highest BCUT2D eigenvalue weighted by molar-refractivity contribution is 8.00. The van der Waals surface area contributed by atoms with Crippen LogP contribution in [0.4, 0.5) is 0 Å². The van der Waals surface area contributed by atoms with Crippen LogP contribution in [0.25, 0.3) is 0 Å². The first-order valence-corrected chi connectivity index (χ1v) is 9.13. The minimum Gasteiger partial charge on any atom is -0.481 e. The molecule has 4 nitrogen and oxygen atoms in total. The molecule has 0 aliphatic heterocycles. The molecule has 2 N–H and O–H groups in total. The molecule has 0 aromatic heterocycles. The summed E-state index contributed by atoms with van der Waals surface area (Å²) in [6, 6.07) is 5.29. The van der Waals surface area contributed by atoms with Crippen LogP contribution in [0.15, 0.2) is 18.2 Å². The topological polar surface area (TPSA) is 66.4 Å². The van der Waals surface area contributed by atoms with Crippen LogP contribution >= 0.6 is 46.7 Å². The molecule has 0 radical (unpaired) electrons. The van der Waals surface area contributed by atoms with Gasteiger partial charge in [-0.2, -0.15) is 0 Å². The molecule has 1 rings (SSSR count). The Bertz CT molecular complexity index is 500. The number of rotatable bonds is 9. The van der Waals surface area contributed by atoms with Crippen molar-refractivity contribution in [3.8, 4) is 0 Å². The van der Waals surface area contributed by atoms with E-state index >= 15 is 0 Å². The fourth-order valence-electron chi connectivity index (χ4n) is 1.37. The molecule has 1 amide bonds. The third kappa shape index (κ3) is 8.46. The van der Waals surface area contributed by atoms with Gasteiger partial charge in [0.2, 0.25) is 5.91 Å². The molecular formula is C13H15Cl2NO3S2. The lowest BCUT2D eigenvalue weighted by Gasteiger charge is -2.06. The number of benzene rings is 1. The normalized spacial score (nSPS) is 10.4. The predicted octanol–water partition coefficient (Wildman–Crippen LogP) is 3.16. The highest BCUT2D eigenvalue weighted by Crippen LogP contribution is 2.24. The van der Waals surface area contributed by atoms with Crippen LogP contribution in [0.5, 0.6) is 0 Å². The van der Waals surface area contributed by atoms with Crippen LogP contribution in [-0.2, 0) is 15.3 Å². The van der Waals surface area contributed by atoms with E-state index in [-0.39, 0.29) is 11.7 Å². The zero-order valence-corrected chi connectivity index (χ0v) is 14.2. The van der Waals surface area contributed by atoms with Crippen molar-refractivity contribution in [2.75, 3.05) is 23.8 Å². The van der Waals surface area contributed by atoms with E-state index in [1.54, 1.807) is 12.1 Å². The van der Waals surface area contributed by atoms with Crippen molar-refractivity contribution in [2.24, 2.45) is 0 Å². The van der Waals surface area contributed by atoms with Crippen LogP contribution < -0.4 is 5.32 Å². The number of nitrogens with one attached hydrogen (secondary N) is 1. The van der Waals surface area contributed by atoms with Gasteiger partial charge in [-0.05, 0) is 17.7 Å². The maximum Gasteiger partial charge on any atom is 0.313 e. The summed E-state index contributed by atoms with van der Waals surface area (Å²) in [5.74, 6) is 0.702. The molecular weight excluding hydrogens is 353 g/mol. The van der Waals surface area contributed by atoms with Crippen molar-refractivity contribution in [1.82, 2.24) is 5.32 Å². The van der Waals surface area contributed by atoms with Gasteiger partial charge in [-0.15, -0.1) is 23.5 Å². The van der Waals surface area contributed by atoms with Gasteiger partial charge in [-0.25, -0.2) is 0 Å². The summed E-state index contributed by atoms with van der Waals surface area (Å²) < 4.78 is 0. The molecule has 0 atom stereocenters. The lowest BCUT2D eigenvalue weighted by atomic mass is 10.2. The summed E-state index contributed by atoms with van der Waals surface area (Å²) in [6.45, 7) is 0.471. The van der Waals surface area contributed by atoms with Gasteiger partial charge in [0.25, 0.3) is 0 Å². The Morgan fingerprint density at radius 3 is 2.62 bits per heavy atom. The number of carbonyl (C=O) groups excluding carboxylic acids is 1. The molecule has 0 saturated heterocycles. The third-order valence-corrected chi connectivity index (χ3v) is 4.81. The second kappa shape index (κ2) is 10.2. The fourth-order valence-corrected chi connectivity index (χ4v) is 3.35. The first kappa shape index (κ1) is 18.5. The fraction of sp³-hybridized carbons (Fsp3) is 0.385. The molecule has 0 aliphatic rings. The number of halogens is 2. The van der Waals surface area contributed by atoms with Gasteiger partial charge >= 0.3 is 5.97 Å². The average Bonchev–Trinajstić information content (AvgIpc) is 2.40. The largest absolute Gasteiger partial charge is 0.481 e. The Balaban J connectivity index is 2.14. The first-order valence-electron chi connectivity index (χ1n) is 6.07. The minimum absolute atomic E-state index is 0.0552. The first-order chi connectivity index (χ1) is 9.99. The van der Waals surface area contributed by atoms with Crippen molar-refractivity contribution in [3.05, 3.63) is 33.8 Å². The Morgan fingerprint density at radius 2 is 1.95 bits per heavy atom. The molecule has 0 heterocycles. The molecule has 1 aromatic rings. The number of hydrogen-bond donors (Lipinski definition) is 2. The number of aliphatic carboxylic acids is 1. The lowest BCUT2D eigenvalue weighted by molar-refractivity contribution is -0.133. The van der Waals surface area contributed by atoms with E-state index in [9.17, 15) is 9.59 Å². The third-order valence-electron chi connectivity index (χ3n) is 2.30. The Morgan fingerprint density at radius 1 is 1.19 bits per heavy atom. The van der Waals surface area contributed by atoms with E-state index in [0.717, 1.165) is 5.56 Å². The summed E-state index contributed by atoms with van der Waals surface area (Å²) >= 11 is 14.6. The standard InChI is InChI=1S/C13H15Cl2NO3S2/c14-10-2-1-9(11(15)5-10)6-21-7-12(17)16-3-4-20-8-13(18)19/h1-2,5H,3-4,6-8H2,(H,16,17)(H,18,19). The van der Waals surface area contributed by atoms with Crippen LogP contribution in [-0.4, -0.2) is 40.8 Å². The number of carboxylic acids is 1. The second-order valence-corrected chi connectivity index (χ2v) is 6.96. The number of thioether (sulfide) groups is 2. The van der Waals surface area contributed by atoms with E-state index in [1.165, 1.54) is 23.5 Å². The van der Waals surface area contributed by atoms with Crippen LogP contribution in [0.3, 0.4) is 0 Å². The molecule has 0 saturated carbocycles. The molecule has 1 aromatic carbocycles. The van der Waals surface area contributed by atoms with Gasteiger partial charge in [0, 0.05) is 28.1 Å². The highest BCUT2D eigenvalue weighted by Gasteiger charge is 2.05. The monoisotopic (exact) mass is 367 g/mol. The minimum atomic E-state index is -0.846. The van der Waals surface area contributed by atoms with Crippen LogP contribution in [0.1, 0.15) is 5.56 Å². The van der Waals surface area contributed by atoms with Crippen LogP contribution in [0, 0.1) is 0 Å². The number of carbonyl (C=O) groups is 2. The van der Waals surface area contributed by atoms with Gasteiger partial charge in [-0.1, -0.05) is 29.3 Å². The summed E-state index contributed by atoms with van der Waals surface area (Å²) in [7, 11) is 0. The van der Waals surface area contributed by atoms with Gasteiger partial charge in [0.1, 0.15) is 0 Å². The van der Waals surface area contributed by atoms with E-state index in [1.807, 2.05) is 6.07 Å². The Hall–Kier alpha value is -0.560. The van der Waals surface area contributed by atoms with E-state index < -0.39 is 5.97 Å². The van der Waals surface area contributed by atoms with Gasteiger partial charge in [0.05, 0.1) is 11.5 Å². The molecule has 21 heavy (non-hydrogen) atoms. The number of carboxylic acid groups (broad SMARTS) is 1. The lowest BCUT2D eigenvalue weighted by Crippen LogP contribution is -2.27.